The molecule has 10 heavy (non-hydrogen) atoms. The Morgan fingerprint density at radius 2 is 2.30 bits per heavy atom. The fraction of sp³-hybridized carbons (Fsp3) is 0.857. The van der Waals surface area contributed by atoms with E-state index in [1.807, 2.05) is 11.8 Å². The molecule has 0 bridgehead atoms. The van der Waals surface area contributed by atoms with Crippen molar-refractivity contribution in [2.45, 2.75) is 19.8 Å². The lowest BCUT2D eigenvalue weighted by atomic mass is 10.1. The fourth-order valence-corrected chi connectivity index (χ4v) is 1.57. The SMILES string of the molecule is CSCC(C)CCC(=O)Cl. The summed E-state index contributed by atoms with van der Waals surface area (Å²) in [6.07, 6.45) is 3.51. The molecule has 0 rings (SSSR count). The summed E-state index contributed by atoms with van der Waals surface area (Å²) in [5.74, 6) is 1.72. The predicted octanol–water partition coefficient (Wildman–Crippen LogP) is 2.53. The molecule has 0 aromatic heterocycles. The van der Waals surface area contributed by atoms with Crippen LogP contribution in [-0.2, 0) is 4.79 Å². The highest BCUT2D eigenvalue weighted by Gasteiger charge is 2.03. The van der Waals surface area contributed by atoms with Gasteiger partial charge in [0.05, 0.1) is 0 Å². The van der Waals surface area contributed by atoms with Gasteiger partial charge >= 0.3 is 0 Å². The van der Waals surface area contributed by atoms with E-state index in [4.69, 9.17) is 11.6 Å². The van der Waals surface area contributed by atoms with Crippen LogP contribution in [0, 0.1) is 5.92 Å². The molecule has 1 atom stereocenters. The Bertz CT molecular complexity index is 106. The van der Waals surface area contributed by atoms with Gasteiger partial charge in [0.15, 0.2) is 0 Å². The molecule has 0 aliphatic rings. The van der Waals surface area contributed by atoms with Crippen molar-refractivity contribution in [3.8, 4) is 0 Å². The van der Waals surface area contributed by atoms with Crippen LogP contribution < -0.4 is 0 Å². The summed E-state index contributed by atoms with van der Waals surface area (Å²) >= 11 is 6.98. The maximum absolute atomic E-state index is 10.3. The fourth-order valence-electron chi connectivity index (χ4n) is 0.728. The molecule has 0 aliphatic heterocycles. The number of rotatable bonds is 5. The van der Waals surface area contributed by atoms with Gasteiger partial charge in [-0.1, -0.05) is 6.92 Å². The van der Waals surface area contributed by atoms with Crippen molar-refractivity contribution in [1.82, 2.24) is 0 Å². The lowest BCUT2D eigenvalue weighted by Gasteiger charge is -2.05. The second kappa shape index (κ2) is 6.05. The average Bonchev–Trinajstić information content (AvgIpc) is 1.85. The molecule has 0 spiro atoms. The zero-order valence-electron chi connectivity index (χ0n) is 6.39. The van der Waals surface area contributed by atoms with Gasteiger partial charge in [-0.15, -0.1) is 0 Å². The molecule has 0 heterocycles. The van der Waals surface area contributed by atoms with Crippen LogP contribution in [0.2, 0.25) is 0 Å². The van der Waals surface area contributed by atoms with Crippen LogP contribution >= 0.6 is 23.4 Å². The highest BCUT2D eigenvalue weighted by molar-refractivity contribution is 7.98. The number of hydrogen-bond donors (Lipinski definition) is 0. The Labute approximate surface area is 71.5 Å². The maximum atomic E-state index is 10.3. The van der Waals surface area contributed by atoms with Crippen molar-refractivity contribution in [3.05, 3.63) is 0 Å². The van der Waals surface area contributed by atoms with Crippen LogP contribution in [0.3, 0.4) is 0 Å². The van der Waals surface area contributed by atoms with Crippen molar-refractivity contribution in [2.24, 2.45) is 5.92 Å². The van der Waals surface area contributed by atoms with E-state index in [9.17, 15) is 4.79 Å². The first-order chi connectivity index (χ1) is 4.66. The van der Waals surface area contributed by atoms with Crippen LogP contribution in [0.25, 0.3) is 0 Å². The van der Waals surface area contributed by atoms with E-state index in [-0.39, 0.29) is 5.24 Å². The molecule has 0 amide bonds. The third-order valence-electron chi connectivity index (χ3n) is 1.28. The van der Waals surface area contributed by atoms with Gasteiger partial charge in [-0.3, -0.25) is 4.79 Å². The first kappa shape index (κ1) is 10.3. The van der Waals surface area contributed by atoms with Gasteiger partial charge in [0, 0.05) is 6.42 Å². The summed E-state index contributed by atoms with van der Waals surface area (Å²) in [6.45, 7) is 2.14. The predicted molar refractivity (Wildman–Crippen MR) is 47.6 cm³/mol. The van der Waals surface area contributed by atoms with Gasteiger partial charge in [-0.2, -0.15) is 11.8 Å². The molecule has 0 aromatic rings. The van der Waals surface area contributed by atoms with Gasteiger partial charge in [0.1, 0.15) is 0 Å². The number of thioether (sulfide) groups is 1. The van der Waals surface area contributed by atoms with Crippen LogP contribution in [0.15, 0.2) is 0 Å². The molecule has 0 fully saturated rings. The summed E-state index contributed by atoms with van der Waals surface area (Å²) in [5.41, 5.74) is 0. The quantitative estimate of drug-likeness (QED) is 0.605. The minimum Gasteiger partial charge on any atom is -0.281 e. The molecule has 0 saturated carbocycles. The Hall–Kier alpha value is 0.310. The number of carbonyl (C=O) groups is 1. The smallest absolute Gasteiger partial charge is 0.221 e. The molecule has 0 saturated heterocycles. The van der Waals surface area contributed by atoms with Crippen LogP contribution in [0.1, 0.15) is 19.8 Å². The normalized spacial score (nSPS) is 13.1. The summed E-state index contributed by atoms with van der Waals surface area (Å²) in [7, 11) is 0. The van der Waals surface area contributed by atoms with Crippen molar-refractivity contribution in [2.75, 3.05) is 12.0 Å². The summed E-state index contributed by atoms with van der Waals surface area (Å²) in [6, 6.07) is 0. The van der Waals surface area contributed by atoms with Gasteiger partial charge in [-0.25, -0.2) is 0 Å². The molecule has 0 N–H and O–H groups in total. The van der Waals surface area contributed by atoms with Gasteiger partial charge in [-0.05, 0) is 35.9 Å². The highest BCUT2D eigenvalue weighted by atomic mass is 35.5. The maximum Gasteiger partial charge on any atom is 0.221 e. The molecule has 0 aliphatic carbocycles. The van der Waals surface area contributed by atoms with Crippen molar-refractivity contribution < 1.29 is 4.79 Å². The van der Waals surface area contributed by atoms with Crippen molar-refractivity contribution in [1.29, 1.82) is 0 Å². The molecule has 3 heteroatoms. The molecule has 1 nitrogen and oxygen atoms in total. The first-order valence-corrected chi connectivity index (χ1v) is 5.11. The van der Waals surface area contributed by atoms with E-state index in [0.29, 0.717) is 12.3 Å². The number of halogens is 1. The first-order valence-electron chi connectivity index (χ1n) is 3.34. The topological polar surface area (TPSA) is 17.1 Å². The number of hydrogen-bond acceptors (Lipinski definition) is 2. The molecule has 1 unspecified atom stereocenters. The zero-order valence-corrected chi connectivity index (χ0v) is 7.97. The zero-order chi connectivity index (χ0) is 7.98. The van der Waals surface area contributed by atoms with Crippen LogP contribution in [-0.4, -0.2) is 17.3 Å². The van der Waals surface area contributed by atoms with E-state index in [0.717, 1.165) is 12.2 Å². The number of carbonyl (C=O) groups excluding carboxylic acids is 1. The second-order valence-electron chi connectivity index (χ2n) is 2.45. The van der Waals surface area contributed by atoms with Crippen molar-refractivity contribution in [3.63, 3.8) is 0 Å². The van der Waals surface area contributed by atoms with E-state index in [2.05, 4.69) is 13.2 Å². The van der Waals surface area contributed by atoms with Crippen molar-refractivity contribution >= 4 is 28.6 Å². The minimum absolute atomic E-state index is 0.215. The largest absolute Gasteiger partial charge is 0.281 e. The van der Waals surface area contributed by atoms with Crippen LogP contribution in [0.4, 0.5) is 0 Å². The van der Waals surface area contributed by atoms with Gasteiger partial charge < -0.3 is 0 Å². The minimum atomic E-state index is -0.215. The molecular weight excluding hydrogens is 168 g/mol. The van der Waals surface area contributed by atoms with Crippen LogP contribution in [0.5, 0.6) is 0 Å². The summed E-state index contributed by atoms with van der Waals surface area (Å²) < 4.78 is 0. The highest BCUT2D eigenvalue weighted by Crippen LogP contribution is 2.11. The average molecular weight is 181 g/mol. The lowest BCUT2D eigenvalue weighted by molar-refractivity contribution is -0.111. The van der Waals surface area contributed by atoms with E-state index >= 15 is 0 Å². The lowest BCUT2D eigenvalue weighted by Crippen LogP contribution is -1.99. The van der Waals surface area contributed by atoms with Gasteiger partial charge in [0.2, 0.25) is 5.24 Å². The molecule has 0 aromatic carbocycles. The Morgan fingerprint density at radius 3 is 2.70 bits per heavy atom. The Kier molecular flexibility index (Phi) is 6.24. The van der Waals surface area contributed by atoms with E-state index in [1.54, 1.807) is 0 Å². The monoisotopic (exact) mass is 180 g/mol. The van der Waals surface area contributed by atoms with Gasteiger partial charge in [0.25, 0.3) is 0 Å². The molecular formula is C7H13ClOS. The second-order valence-corrected chi connectivity index (χ2v) is 3.79. The third-order valence-corrected chi connectivity index (χ3v) is 2.38. The molecule has 60 valence electrons. The Balaban J connectivity index is 3.21. The summed E-state index contributed by atoms with van der Waals surface area (Å²) in [4.78, 5) is 10.3. The Morgan fingerprint density at radius 1 is 1.70 bits per heavy atom. The summed E-state index contributed by atoms with van der Waals surface area (Å²) in [5, 5.41) is -0.215. The standard InChI is InChI=1S/C7H13ClOS/c1-6(5-10-2)3-4-7(8)9/h6H,3-5H2,1-2H3. The third kappa shape index (κ3) is 6.43. The van der Waals surface area contributed by atoms with E-state index < -0.39 is 0 Å². The van der Waals surface area contributed by atoms with E-state index in [1.165, 1.54) is 0 Å². The molecule has 0 radical (unpaired) electrons.